The molecule has 2 aliphatic rings. The number of fused-ring (bicyclic) bond motifs is 1. The molecule has 178 valence electrons. The van der Waals surface area contributed by atoms with Gasteiger partial charge in [-0.25, -0.2) is 9.97 Å². The molecule has 0 atom stereocenters. The molecule has 0 aromatic carbocycles. The topological polar surface area (TPSA) is 103 Å². The van der Waals surface area contributed by atoms with E-state index in [0.717, 1.165) is 42.6 Å². The van der Waals surface area contributed by atoms with Crippen molar-refractivity contribution in [1.29, 1.82) is 5.26 Å². The Bertz CT molecular complexity index is 1120. The van der Waals surface area contributed by atoms with Crippen LogP contribution >= 0.6 is 11.8 Å². The highest BCUT2D eigenvalue weighted by molar-refractivity contribution is 7.98. The number of hydrogen-bond donors (Lipinski definition) is 0. The third-order valence-corrected chi connectivity index (χ3v) is 6.63. The number of nitriles is 1. The van der Waals surface area contributed by atoms with E-state index in [4.69, 9.17) is 9.72 Å². The Morgan fingerprint density at radius 2 is 2.15 bits per heavy atom. The first-order valence-corrected chi connectivity index (χ1v) is 12.7. The number of aldehydes is 1. The lowest BCUT2D eigenvalue weighted by molar-refractivity contribution is -0.136. The fraction of sp³-hybridized carbons (Fsp3) is 0.458. The molecule has 0 saturated carbocycles. The fourth-order valence-electron chi connectivity index (χ4n) is 4.22. The van der Waals surface area contributed by atoms with Crippen molar-refractivity contribution >= 4 is 35.6 Å². The lowest BCUT2D eigenvalue weighted by Crippen LogP contribution is -2.48. The molecular formula is C24H28N6O3S. The molecule has 10 heteroatoms. The zero-order chi connectivity index (χ0) is 24.1. The molecule has 4 heterocycles. The number of hydrogen-bond acceptors (Lipinski definition) is 9. The number of likely N-dealkylation sites (N-methyl/N-ethyl adjacent to an activating group) is 1. The molecule has 1 fully saturated rings. The normalized spacial score (nSPS) is 16.2. The maximum Gasteiger partial charge on any atom is 0.237 e. The fourth-order valence-corrected chi connectivity index (χ4v) is 4.47. The number of aryl methyl sites for hydroxylation is 1. The van der Waals surface area contributed by atoms with E-state index in [-0.39, 0.29) is 5.91 Å². The molecule has 4 rings (SSSR count). The molecule has 0 spiro atoms. The standard InChI is InChI=1S/C24H28N6O3S/c1-28-6-7-29(23(32)15-28)14-18-10-17-4-3-5-30(24(17)27-20(18)16-31)22-11-21(33-8-9-34-2)19(12-25)13-26-22/h10-11,13,16H,3-9,14-15H2,1-2H3. The van der Waals surface area contributed by atoms with Crippen molar-refractivity contribution in [2.24, 2.45) is 0 Å². The Hall–Kier alpha value is -3.16. The van der Waals surface area contributed by atoms with Gasteiger partial charge < -0.3 is 14.5 Å². The Morgan fingerprint density at radius 3 is 2.88 bits per heavy atom. The first kappa shape index (κ1) is 24.0. The average Bonchev–Trinajstić information content (AvgIpc) is 2.85. The number of carbonyl (C=O) groups is 2. The average molecular weight is 481 g/mol. The maximum absolute atomic E-state index is 12.4. The molecule has 0 aliphatic carbocycles. The first-order chi connectivity index (χ1) is 16.5. The second kappa shape index (κ2) is 10.8. The highest BCUT2D eigenvalue weighted by atomic mass is 32.2. The third kappa shape index (κ3) is 5.16. The summed E-state index contributed by atoms with van der Waals surface area (Å²) in [6.07, 6.45) is 6.00. The van der Waals surface area contributed by atoms with Gasteiger partial charge in [-0.05, 0) is 37.8 Å². The van der Waals surface area contributed by atoms with E-state index in [0.29, 0.717) is 61.4 Å². The summed E-state index contributed by atoms with van der Waals surface area (Å²) >= 11 is 1.67. The van der Waals surface area contributed by atoms with Crippen LogP contribution in [0.4, 0.5) is 11.6 Å². The monoisotopic (exact) mass is 480 g/mol. The molecule has 0 radical (unpaired) electrons. The van der Waals surface area contributed by atoms with Crippen molar-refractivity contribution in [3.05, 3.63) is 40.7 Å². The molecule has 1 amide bonds. The van der Waals surface area contributed by atoms with Crippen LogP contribution in [0.15, 0.2) is 18.3 Å². The number of carbonyl (C=O) groups excluding carboxylic acids is 2. The molecule has 0 N–H and O–H groups in total. The second-order valence-corrected chi connectivity index (χ2v) is 9.42. The smallest absolute Gasteiger partial charge is 0.237 e. The summed E-state index contributed by atoms with van der Waals surface area (Å²) in [7, 11) is 1.93. The summed E-state index contributed by atoms with van der Waals surface area (Å²) in [4.78, 5) is 39.3. The summed E-state index contributed by atoms with van der Waals surface area (Å²) in [5, 5.41) is 9.43. The first-order valence-electron chi connectivity index (χ1n) is 11.3. The minimum Gasteiger partial charge on any atom is -0.491 e. The molecule has 9 nitrogen and oxygen atoms in total. The highest BCUT2D eigenvalue weighted by Crippen LogP contribution is 2.34. The predicted octanol–water partition coefficient (Wildman–Crippen LogP) is 2.26. The van der Waals surface area contributed by atoms with Gasteiger partial charge in [-0.2, -0.15) is 17.0 Å². The Balaban J connectivity index is 1.63. The van der Waals surface area contributed by atoms with E-state index in [1.165, 1.54) is 6.20 Å². The highest BCUT2D eigenvalue weighted by Gasteiger charge is 2.27. The van der Waals surface area contributed by atoms with Gasteiger partial charge in [0.1, 0.15) is 34.7 Å². The summed E-state index contributed by atoms with van der Waals surface area (Å²) in [6.45, 7) is 3.39. The molecule has 2 aliphatic heterocycles. The predicted molar refractivity (Wildman–Crippen MR) is 131 cm³/mol. The van der Waals surface area contributed by atoms with Crippen molar-refractivity contribution in [1.82, 2.24) is 19.8 Å². The van der Waals surface area contributed by atoms with Crippen molar-refractivity contribution in [3.63, 3.8) is 0 Å². The number of anilines is 2. The molecule has 0 unspecified atom stereocenters. The molecular weight excluding hydrogens is 452 g/mol. The zero-order valence-electron chi connectivity index (χ0n) is 19.5. The van der Waals surface area contributed by atoms with E-state index in [1.54, 1.807) is 22.7 Å². The summed E-state index contributed by atoms with van der Waals surface area (Å²) in [6, 6.07) is 5.91. The van der Waals surface area contributed by atoms with Gasteiger partial charge in [0.2, 0.25) is 5.91 Å². The molecule has 0 bridgehead atoms. The summed E-state index contributed by atoms with van der Waals surface area (Å²) < 4.78 is 5.83. The van der Waals surface area contributed by atoms with Gasteiger partial charge in [0, 0.05) is 43.6 Å². The number of ether oxygens (including phenoxy) is 1. The lowest BCUT2D eigenvalue weighted by Gasteiger charge is -2.33. The zero-order valence-corrected chi connectivity index (χ0v) is 20.3. The molecule has 34 heavy (non-hydrogen) atoms. The SMILES string of the molecule is CSCCOc1cc(N2CCCc3cc(CN4CCN(C)CC4=O)c(C=O)nc32)ncc1C#N. The Kier molecular flexibility index (Phi) is 7.65. The van der Waals surface area contributed by atoms with Crippen LogP contribution in [-0.2, 0) is 17.8 Å². The van der Waals surface area contributed by atoms with Crippen LogP contribution in [0, 0.1) is 11.3 Å². The molecule has 1 saturated heterocycles. The van der Waals surface area contributed by atoms with Gasteiger partial charge in [-0.1, -0.05) is 0 Å². The third-order valence-electron chi connectivity index (χ3n) is 6.05. The number of rotatable bonds is 8. The van der Waals surface area contributed by atoms with Gasteiger partial charge in [0.25, 0.3) is 0 Å². The van der Waals surface area contributed by atoms with Crippen LogP contribution in [0.1, 0.15) is 33.6 Å². The van der Waals surface area contributed by atoms with E-state index < -0.39 is 0 Å². The van der Waals surface area contributed by atoms with E-state index in [1.807, 2.05) is 29.2 Å². The van der Waals surface area contributed by atoms with E-state index >= 15 is 0 Å². The van der Waals surface area contributed by atoms with Crippen molar-refractivity contribution in [3.8, 4) is 11.8 Å². The quantitative estimate of drug-likeness (QED) is 0.416. The minimum absolute atomic E-state index is 0.0562. The van der Waals surface area contributed by atoms with Gasteiger partial charge in [0.05, 0.1) is 19.3 Å². The largest absolute Gasteiger partial charge is 0.491 e. The molecule has 2 aromatic rings. The van der Waals surface area contributed by atoms with Crippen LogP contribution < -0.4 is 9.64 Å². The Labute approximate surface area is 203 Å². The number of nitrogens with zero attached hydrogens (tertiary/aromatic N) is 6. The van der Waals surface area contributed by atoms with Crippen LogP contribution in [0.2, 0.25) is 0 Å². The van der Waals surface area contributed by atoms with Crippen LogP contribution in [0.5, 0.6) is 5.75 Å². The number of pyridine rings is 2. The second-order valence-electron chi connectivity index (χ2n) is 8.43. The number of piperazine rings is 1. The number of aromatic nitrogens is 2. The van der Waals surface area contributed by atoms with Crippen LogP contribution in [0.3, 0.4) is 0 Å². The van der Waals surface area contributed by atoms with Crippen molar-refractivity contribution in [2.75, 3.05) is 56.7 Å². The lowest BCUT2D eigenvalue weighted by atomic mass is 10.0. The van der Waals surface area contributed by atoms with Crippen molar-refractivity contribution in [2.45, 2.75) is 19.4 Å². The number of thioether (sulfide) groups is 1. The molecule has 2 aromatic heterocycles. The minimum atomic E-state index is 0.0562. The van der Waals surface area contributed by atoms with Crippen molar-refractivity contribution < 1.29 is 14.3 Å². The Morgan fingerprint density at radius 1 is 1.29 bits per heavy atom. The van der Waals surface area contributed by atoms with Gasteiger partial charge in [-0.3, -0.25) is 14.5 Å². The van der Waals surface area contributed by atoms with E-state index in [2.05, 4.69) is 11.1 Å². The van der Waals surface area contributed by atoms with Gasteiger partial charge in [-0.15, -0.1) is 0 Å². The summed E-state index contributed by atoms with van der Waals surface area (Å²) in [5.41, 5.74) is 2.50. The van der Waals surface area contributed by atoms with Gasteiger partial charge in [0.15, 0.2) is 6.29 Å². The van der Waals surface area contributed by atoms with Gasteiger partial charge >= 0.3 is 0 Å². The summed E-state index contributed by atoms with van der Waals surface area (Å²) in [5.74, 6) is 2.69. The van der Waals surface area contributed by atoms with E-state index in [9.17, 15) is 14.9 Å². The number of amides is 1. The van der Waals surface area contributed by atoms with Crippen LogP contribution in [0.25, 0.3) is 0 Å². The van der Waals surface area contributed by atoms with Crippen LogP contribution in [-0.4, -0.2) is 83.8 Å². The maximum atomic E-state index is 12.4.